The van der Waals surface area contributed by atoms with Gasteiger partial charge in [0.05, 0.1) is 20.8 Å². The van der Waals surface area contributed by atoms with Crippen molar-refractivity contribution in [3.63, 3.8) is 0 Å². The van der Waals surface area contributed by atoms with Crippen LogP contribution in [-0.2, 0) is 4.79 Å². The highest BCUT2D eigenvalue weighted by Crippen LogP contribution is 2.34. The highest BCUT2D eigenvalue weighted by molar-refractivity contribution is 9.10. The Morgan fingerprint density at radius 1 is 1.19 bits per heavy atom. The predicted octanol–water partition coefficient (Wildman–Crippen LogP) is 4.41. The van der Waals surface area contributed by atoms with Crippen molar-refractivity contribution >= 4 is 33.6 Å². The van der Waals surface area contributed by atoms with Crippen LogP contribution >= 0.6 is 15.9 Å². The van der Waals surface area contributed by atoms with Crippen LogP contribution in [0.1, 0.15) is 12.5 Å². The molecule has 1 amide bonds. The van der Waals surface area contributed by atoms with Gasteiger partial charge < -0.3 is 19.5 Å². The van der Waals surface area contributed by atoms with Gasteiger partial charge in [0, 0.05) is 10.2 Å². The Hall–Kier alpha value is -2.98. The van der Waals surface area contributed by atoms with Crippen molar-refractivity contribution < 1.29 is 19.0 Å². The molecule has 0 unspecified atom stereocenters. The third-order valence-corrected chi connectivity index (χ3v) is 4.28. The van der Waals surface area contributed by atoms with E-state index in [4.69, 9.17) is 14.2 Å². The molecule has 2 aromatic rings. The normalized spacial score (nSPS) is 10.7. The number of amides is 1. The molecule has 0 aliphatic carbocycles. The molecular formula is C20H19BrN2O4. The maximum atomic E-state index is 12.4. The van der Waals surface area contributed by atoms with Gasteiger partial charge >= 0.3 is 0 Å². The van der Waals surface area contributed by atoms with Crippen LogP contribution in [0.4, 0.5) is 5.69 Å². The van der Waals surface area contributed by atoms with E-state index >= 15 is 0 Å². The molecule has 0 bridgehead atoms. The smallest absolute Gasteiger partial charge is 0.266 e. The van der Waals surface area contributed by atoms with Gasteiger partial charge in [0.2, 0.25) is 0 Å². The van der Waals surface area contributed by atoms with Crippen molar-refractivity contribution in [3.8, 4) is 23.3 Å². The molecule has 0 atom stereocenters. The molecule has 2 aromatic carbocycles. The third-order valence-electron chi connectivity index (χ3n) is 3.60. The van der Waals surface area contributed by atoms with E-state index in [-0.39, 0.29) is 5.57 Å². The summed E-state index contributed by atoms with van der Waals surface area (Å²) in [5, 5.41) is 12.1. The minimum atomic E-state index is -0.512. The van der Waals surface area contributed by atoms with Crippen molar-refractivity contribution in [2.45, 2.75) is 6.92 Å². The van der Waals surface area contributed by atoms with E-state index in [0.717, 1.165) is 0 Å². The number of carbonyl (C=O) groups excluding carboxylic acids is 1. The van der Waals surface area contributed by atoms with Gasteiger partial charge in [-0.1, -0.05) is 15.9 Å². The van der Waals surface area contributed by atoms with Gasteiger partial charge in [0.1, 0.15) is 17.4 Å². The van der Waals surface area contributed by atoms with Gasteiger partial charge in [-0.3, -0.25) is 4.79 Å². The van der Waals surface area contributed by atoms with E-state index < -0.39 is 5.91 Å². The maximum Gasteiger partial charge on any atom is 0.266 e. The lowest BCUT2D eigenvalue weighted by atomic mass is 10.1. The Kier molecular flexibility index (Phi) is 7.26. The Bertz CT molecular complexity index is 886. The second-order valence-electron chi connectivity index (χ2n) is 5.31. The van der Waals surface area contributed by atoms with Crippen LogP contribution < -0.4 is 19.5 Å². The zero-order chi connectivity index (χ0) is 19.8. The van der Waals surface area contributed by atoms with E-state index in [1.165, 1.54) is 13.2 Å². The molecule has 7 heteroatoms. The van der Waals surface area contributed by atoms with Crippen molar-refractivity contribution in [2.75, 3.05) is 26.1 Å². The fraction of sp³-hybridized carbons (Fsp3) is 0.200. The van der Waals surface area contributed by atoms with Crippen LogP contribution in [-0.4, -0.2) is 26.7 Å². The summed E-state index contributed by atoms with van der Waals surface area (Å²) in [6.45, 7) is 2.37. The SMILES string of the molecule is CCOc1cc(Br)c(/C=C(/C#N)C(=O)Nc2ccc(OC)cc2)cc1OC. The van der Waals surface area contributed by atoms with Gasteiger partial charge in [0.15, 0.2) is 11.5 Å². The zero-order valence-electron chi connectivity index (χ0n) is 15.2. The lowest BCUT2D eigenvalue weighted by molar-refractivity contribution is -0.112. The van der Waals surface area contributed by atoms with Crippen molar-refractivity contribution in [1.82, 2.24) is 0 Å². The number of carbonyl (C=O) groups is 1. The molecule has 140 valence electrons. The number of benzene rings is 2. The van der Waals surface area contributed by atoms with Gasteiger partial charge in [-0.05, 0) is 55.0 Å². The minimum Gasteiger partial charge on any atom is -0.497 e. The Morgan fingerprint density at radius 3 is 2.44 bits per heavy atom. The summed E-state index contributed by atoms with van der Waals surface area (Å²) in [6, 6.07) is 12.2. The third kappa shape index (κ3) is 5.25. The molecule has 0 radical (unpaired) electrons. The second kappa shape index (κ2) is 9.64. The molecule has 1 N–H and O–H groups in total. The number of ether oxygens (including phenoxy) is 3. The number of anilines is 1. The number of nitrogens with one attached hydrogen (secondary N) is 1. The van der Waals surface area contributed by atoms with E-state index in [0.29, 0.717) is 39.6 Å². The van der Waals surface area contributed by atoms with Crippen molar-refractivity contribution in [3.05, 3.63) is 52.0 Å². The van der Waals surface area contributed by atoms with Gasteiger partial charge in [-0.2, -0.15) is 5.26 Å². The van der Waals surface area contributed by atoms with Crippen molar-refractivity contribution in [1.29, 1.82) is 5.26 Å². The van der Waals surface area contributed by atoms with Crippen LogP contribution in [0.15, 0.2) is 46.4 Å². The maximum absolute atomic E-state index is 12.4. The molecule has 0 aliphatic heterocycles. The van der Waals surface area contributed by atoms with Crippen molar-refractivity contribution in [2.24, 2.45) is 0 Å². The van der Waals surface area contributed by atoms with E-state index in [9.17, 15) is 10.1 Å². The van der Waals surface area contributed by atoms with Crippen LogP contribution in [0.2, 0.25) is 0 Å². The number of hydrogen-bond donors (Lipinski definition) is 1. The predicted molar refractivity (Wildman–Crippen MR) is 107 cm³/mol. The largest absolute Gasteiger partial charge is 0.497 e. The first-order valence-corrected chi connectivity index (χ1v) is 8.89. The van der Waals surface area contributed by atoms with Crippen LogP contribution in [0.5, 0.6) is 17.2 Å². The first-order chi connectivity index (χ1) is 13.0. The molecule has 0 aliphatic rings. The standard InChI is InChI=1S/C20H19BrN2O4/c1-4-27-19-11-17(21)13(10-18(19)26-3)9-14(12-22)20(24)23-15-5-7-16(25-2)8-6-15/h5-11H,4H2,1-3H3,(H,23,24)/b14-9-. The lowest BCUT2D eigenvalue weighted by Gasteiger charge is -2.12. The summed E-state index contributed by atoms with van der Waals surface area (Å²) in [4.78, 5) is 12.4. The molecule has 0 spiro atoms. The topological polar surface area (TPSA) is 80.6 Å². The number of rotatable bonds is 7. The zero-order valence-corrected chi connectivity index (χ0v) is 16.8. The fourth-order valence-electron chi connectivity index (χ4n) is 2.27. The molecular weight excluding hydrogens is 412 g/mol. The molecule has 0 saturated heterocycles. The Balaban J connectivity index is 2.28. The summed E-state index contributed by atoms with van der Waals surface area (Å²) in [5.74, 6) is 1.25. The number of nitriles is 1. The molecule has 6 nitrogen and oxygen atoms in total. The van der Waals surface area contributed by atoms with Crippen LogP contribution in [0.3, 0.4) is 0 Å². The minimum absolute atomic E-state index is 0.0438. The highest BCUT2D eigenvalue weighted by atomic mass is 79.9. The van der Waals surface area contributed by atoms with Gasteiger partial charge in [0.25, 0.3) is 5.91 Å². The second-order valence-corrected chi connectivity index (χ2v) is 6.16. The number of methoxy groups -OCH3 is 2. The summed E-state index contributed by atoms with van der Waals surface area (Å²) in [7, 11) is 3.09. The molecule has 0 aromatic heterocycles. The summed E-state index contributed by atoms with van der Waals surface area (Å²) in [6.07, 6.45) is 1.49. The number of halogens is 1. The van der Waals surface area contributed by atoms with E-state index in [2.05, 4.69) is 21.2 Å². The van der Waals surface area contributed by atoms with Gasteiger partial charge in [-0.25, -0.2) is 0 Å². The summed E-state index contributed by atoms with van der Waals surface area (Å²) < 4.78 is 16.6. The van der Waals surface area contributed by atoms with Gasteiger partial charge in [-0.15, -0.1) is 0 Å². The monoisotopic (exact) mass is 430 g/mol. The fourth-order valence-corrected chi connectivity index (χ4v) is 2.70. The summed E-state index contributed by atoms with van der Waals surface area (Å²) in [5.41, 5.74) is 1.14. The Morgan fingerprint density at radius 2 is 1.89 bits per heavy atom. The summed E-state index contributed by atoms with van der Waals surface area (Å²) >= 11 is 3.43. The number of nitrogens with zero attached hydrogens (tertiary/aromatic N) is 1. The first kappa shape index (κ1) is 20.3. The molecule has 0 saturated carbocycles. The first-order valence-electron chi connectivity index (χ1n) is 8.09. The lowest BCUT2D eigenvalue weighted by Crippen LogP contribution is -2.13. The number of hydrogen-bond acceptors (Lipinski definition) is 5. The van der Waals surface area contributed by atoms with Crippen LogP contribution in [0.25, 0.3) is 6.08 Å². The average Bonchev–Trinajstić information content (AvgIpc) is 2.68. The molecule has 27 heavy (non-hydrogen) atoms. The van der Waals surface area contributed by atoms with Crippen LogP contribution in [0, 0.1) is 11.3 Å². The average molecular weight is 431 g/mol. The quantitative estimate of drug-likeness (QED) is 0.519. The van der Waals surface area contributed by atoms with E-state index in [1.54, 1.807) is 43.5 Å². The highest BCUT2D eigenvalue weighted by Gasteiger charge is 2.13. The Labute approximate surface area is 166 Å². The van der Waals surface area contributed by atoms with E-state index in [1.807, 2.05) is 13.0 Å². The molecule has 0 heterocycles. The molecule has 0 fully saturated rings. The molecule has 2 rings (SSSR count).